The van der Waals surface area contributed by atoms with Crippen LogP contribution in [0, 0.1) is 0 Å². The summed E-state index contributed by atoms with van der Waals surface area (Å²) in [5.74, 6) is -0.375. The number of hydrogen-bond donors (Lipinski definition) is 0. The zero-order chi connectivity index (χ0) is 15.5. The summed E-state index contributed by atoms with van der Waals surface area (Å²) in [7, 11) is 0. The Morgan fingerprint density at radius 1 is 1.00 bits per heavy atom. The molecule has 0 fully saturated rings. The summed E-state index contributed by atoms with van der Waals surface area (Å²) in [6, 6.07) is 6.96. The Hall–Kier alpha value is -2.46. The summed E-state index contributed by atoms with van der Waals surface area (Å²) in [6.45, 7) is 4.03. The van der Waals surface area contributed by atoms with Crippen LogP contribution in [0.15, 0.2) is 60.0 Å². The van der Waals surface area contributed by atoms with Gasteiger partial charge in [-0.25, -0.2) is 0 Å². The lowest BCUT2D eigenvalue weighted by Gasteiger charge is -2.19. The molecule has 3 rings (SSSR count). The lowest BCUT2D eigenvalue weighted by Crippen LogP contribution is -2.18. The maximum absolute atomic E-state index is 12.4. The summed E-state index contributed by atoms with van der Waals surface area (Å²) in [6.07, 6.45) is 7.35. The number of carbonyl (C=O) groups excluding carboxylic acids is 2. The van der Waals surface area contributed by atoms with Crippen LogP contribution in [-0.4, -0.2) is 36.2 Å². The Morgan fingerprint density at radius 3 is 2.14 bits per heavy atom. The molecular formula is C18H17NO3. The number of allylic oxidation sites excluding steroid dienone is 4. The van der Waals surface area contributed by atoms with E-state index in [1.165, 1.54) is 0 Å². The maximum Gasteiger partial charge on any atom is 0.198 e. The monoisotopic (exact) mass is 295 g/mol. The van der Waals surface area contributed by atoms with E-state index in [2.05, 4.69) is 0 Å². The van der Waals surface area contributed by atoms with Crippen molar-refractivity contribution in [1.29, 1.82) is 0 Å². The molecule has 1 aromatic rings. The van der Waals surface area contributed by atoms with Crippen LogP contribution in [0.1, 0.15) is 27.6 Å². The molecule has 4 nitrogen and oxygen atoms in total. The lowest BCUT2D eigenvalue weighted by atomic mass is 10.0. The molecule has 2 aliphatic rings. The summed E-state index contributed by atoms with van der Waals surface area (Å²) in [5, 5.41) is 0. The number of hydrogen-bond acceptors (Lipinski definition) is 4. The Balaban J connectivity index is 1.82. The van der Waals surface area contributed by atoms with Crippen molar-refractivity contribution in [3.8, 4) is 0 Å². The van der Waals surface area contributed by atoms with Crippen LogP contribution >= 0.6 is 0 Å². The number of rotatable bonds is 4. The molecule has 0 spiro atoms. The van der Waals surface area contributed by atoms with Crippen LogP contribution in [0.25, 0.3) is 0 Å². The minimum atomic E-state index is -0.187. The van der Waals surface area contributed by atoms with E-state index >= 15 is 0 Å². The average Bonchev–Trinajstić information content (AvgIpc) is 2.81. The van der Waals surface area contributed by atoms with Gasteiger partial charge in [-0.15, -0.1) is 0 Å². The second kappa shape index (κ2) is 6.12. The van der Waals surface area contributed by atoms with Gasteiger partial charge in [0.2, 0.25) is 0 Å². The Labute approximate surface area is 129 Å². The van der Waals surface area contributed by atoms with Gasteiger partial charge in [0, 0.05) is 36.7 Å². The number of Topliss-reactive ketones (excluding diaryl/α,β-unsaturated/α-hetero) is 2. The molecule has 0 radical (unpaired) electrons. The van der Waals surface area contributed by atoms with Crippen molar-refractivity contribution in [3.63, 3.8) is 0 Å². The average molecular weight is 295 g/mol. The van der Waals surface area contributed by atoms with Crippen LogP contribution in [-0.2, 0) is 4.74 Å². The first-order valence-corrected chi connectivity index (χ1v) is 7.35. The Morgan fingerprint density at radius 2 is 1.59 bits per heavy atom. The Kier molecular flexibility index (Phi) is 4.02. The van der Waals surface area contributed by atoms with Gasteiger partial charge in [0.15, 0.2) is 11.6 Å². The quantitative estimate of drug-likeness (QED) is 0.487. The van der Waals surface area contributed by atoms with E-state index < -0.39 is 0 Å². The zero-order valence-corrected chi connectivity index (χ0v) is 12.4. The third-order valence-corrected chi connectivity index (χ3v) is 3.75. The topological polar surface area (TPSA) is 46.6 Å². The maximum atomic E-state index is 12.4. The molecule has 1 heterocycles. The molecule has 0 aromatic heterocycles. The van der Waals surface area contributed by atoms with Crippen LogP contribution in [0.4, 0.5) is 0 Å². The fraction of sp³-hybridized carbons (Fsp3) is 0.222. The van der Waals surface area contributed by atoms with Gasteiger partial charge in [-0.05, 0) is 24.6 Å². The highest BCUT2D eigenvalue weighted by molar-refractivity contribution is 6.40. The summed E-state index contributed by atoms with van der Waals surface area (Å²) < 4.78 is 5.31. The van der Waals surface area contributed by atoms with E-state index in [0.717, 1.165) is 6.54 Å². The number of benzene rings is 1. The molecule has 1 aliphatic heterocycles. The van der Waals surface area contributed by atoms with Gasteiger partial charge in [0.25, 0.3) is 0 Å². The third-order valence-electron chi connectivity index (χ3n) is 3.75. The highest BCUT2D eigenvalue weighted by atomic mass is 16.5. The largest absolute Gasteiger partial charge is 0.380 e. The highest BCUT2D eigenvalue weighted by Crippen LogP contribution is 2.30. The molecule has 0 amide bonds. The van der Waals surface area contributed by atoms with Crippen molar-refractivity contribution in [2.24, 2.45) is 0 Å². The van der Waals surface area contributed by atoms with Gasteiger partial charge in [-0.3, -0.25) is 9.59 Å². The van der Waals surface area contributed by atoms with E-state index in [-0.39, 0.29) is 17.1 Å². The number of ketones is 2. The normalized spacial score (nSPS) is 16.7. The van der Waals surface area contributed by atoms with Gasteiger partial charge < -0.3 is 9.64 Å². The molecular weight excluding hydrogens is 278 g/mol. The van der Waals surface area contributed by atoms with Crippen molar-refractivity contribution in [2.75, 3.05) is 19.8 Å². The number of carbonyl (C=O) groups is 2. The lowest BCUT2D eigenvalue weighted by molar-refractivity contribution is 0.0987. The first-order valence-electron chi connectivity index (χ1n) is 7.35. The molecule has 1 aromatic carbocycles. The number of nitrogens with zero attached hydrogens (tertiary/aromatic N) is 1. The minimum Gasteiger partial charge on any atom is -0.380 e. The van der Waals surface area contributed by atoms with Crippen molar-refractivity contribution in [2.45, 2.75) is 6.92 Å². The van der Waals surface area contributed by atoms with E-state index in [0.29, 0.717) is 29.9 Å². The smallest absolute Gasteiger partial charge is 0.198 e. The molecule has 22 heavy (non-hydrogen) atoms. The standard InChI is InChI=1S/C18H17NO3/c1-2-22-12-11-19-9-7-13(8-10-19)16-17(20)14-5-3-4-6-15(14)18(16)21/h3-10H,2,11-12H2,1H3. The van der Waals surface area contributed by atoms with Gasteiger partial charge in [0.05, 0.1) is 12.2 Å². The summed E-state index contributed by atoms with van der Waals surface area (Å²) >= 11 is 0. The predicted molar refractivity (Wildman–Crippen MR) is 83.6 cm³/mol. The molecule has 0 atom stereocenters. The summed E-state index contributed by atoms with van der Waals surface area (Å²) in [5.41, 5.74) is 1.92. The minimum absolute atomic E-state index is 0.187. The second-order valence-electron chi connectivity index (χ2n) is 5.10. The molecule has 4 heteroatoms. The van der Waals surface area contributed by atoms with Gasteiger partial charge in [-0.2, -0.15) is 0 Å². The van der Waals surface area contributed by atoms with Gasteiger partial charge >= 0.3 is 0 Å². The fourth-order valence-corrected chi connectivity index (χ4v) is 2.60. The van der Waals surface area contributed by atoms with Crippen molar-refractivity contribution in [1.82, 2.24) is 4.90 Å². The SMILES string of the molecule is CCOCCN1C=CC(=C2C(=O)c3ccccc3C2=O)C=C1. The first-order chi connectivity index (χ1) is 10.7. The van der Waals surface area contributed by atoms with E-state index in [1.807, 2.05) is 36.4 Å². The predicted octanol–water partition coefficient (Wildman–Crippen LogP) is 2.74. The molecule has 0 saturated heterocycles. The van der Waals surface area contributed by atoms with Crippen LogP contribution < -0.4 is 0 Å². The molecule has 0 bridgehead atoms. The molecule has 0 unspecified atom stereocenters. The van der Waals surface area contributed by atoms with Crippen molar-refractivity contribution >= 4 is 11.6 Å². The fourth-order valence-electron chi connectivity index (χ4n) is 2.60. The van der Waals surface area contributed by atoms with Crippen LogP contribution in [0.3, 0.4) is 0 Å². The first kappa shape index (κ1) is 14.5. The van der Waals surface area contributed by atoms with Gasteiger partial charge in [-0.1, -0.05) is 24.3 Å². The van der Waals surface area contributed by atoms with E-state index in [4.69, 9.17) is 4.74 Å². The van der Waals surface area contributed by atoms with E-state index in [1.54, 1.807) is 24.3 Å². The zero-order valence-electron chi connectivity index (χ0n) is 12.4. The molecule has 1 aliphatic carbocycles. The number of fused-ring (bicyclic) bond motifs is 1. The summed E-state index contributed by atoms with van der Waals surface area (Å²) in [4.78, 5) is 26.8. The van der Waals surface area contributed by atoms with Crippen molar-refractivity contribution in [3.05, 3.63) is 71.1 Å². The second-order valence-corrected chi connectivity index (χ2v) is 5.10. The van der Waals surface area contributed by atoms with Crippen LogP contribution in [0.2, 0.25) is 0 Å². The van der Waals surface area contributed by atoms with Gasteiger partial charge in [0.1, 0.15) is 0 Å². The Bertz CT molecular complexity index is 660. The van der Waals surface area contributed by atoms with E-state index in [9.17, 15) is 9.59 Å². The van der Waals surface area contributed by atoms with Crippen molar-refractivity contribution < 1.29 is 14.3 Å². The molecule has 0 saturated carbocycles. The van der Waals surface area contributed by atoms with Crippen LogP contribution in [0.5, 0.6) is 0 Å². The highest BCUT2D eigenvalue weighted by Gasteiger charge is 2.34. The molecule has 112 valence electrons. The number of ether oxygens (including phenoxy) is 1. The third kappa shape index (κ3) is 2.53. The molecule has 0 N–H and O–H groups in total.